The van der Waals surface area contributed by atoms with Gasteiger partial charge >= 0.3 is 11.9 Å². The van der Waals surface area contributed by atoms with Crippen molar-refractivity contribution in [2.75, 3.05) is 0 Å². The Labute approximate surface area is 71.6 Å². The molecule has 0 spiro atoms. The van der Waals surface area contributed by atoms with Crippen LogP contribution in [-0.4, -0.2) is 11.1 Å². The summed E-state index contributed by atoms with van der Waals surface area (Å²) < 4.78 is 38.1. The van der Waals surface area contributed by atoms with E-state index in [9.17, 15) is 18.0 Å². The van der Waals surface area contributed by atoms with Gasteiger partial charge in [-0.3, -0.25) is 0 Å². The first kappa shape index (κ1) is 9.57. The number of carboxylic acids is 1. The van der Waals surface area contributed by atoms with Crippen LogP contribution in [0.15, 0.2) is 24.3 Å². The maximum atomic E-state index is 12.7. The Morgan fingerprint density at radius 1 is 1.31 bits per heavy atom. The summed E-state index contributed by atoms with van der Waals surface area (Å²) in [6.07, 6.45) is 0. The number of rotatable bonds is 2. The number of carboxylic acid groups (broad SMARTS) is 1. The lowest BCUT2D eigenvalue weighted by Gasteiger charge is -2.11. The molecule has 1 N–H and O–H groups in total. The van der Waals surface area contributed by atoms with Crippen molar-refractivity contribution in [2.24, 2.45) is 0 Å². The van der Waals surface area contributed by atoms with Gasteiger partial charge in [-0.05, 0) is 12.1 Å². The number of hydrogen-bond acceptors (Lipinski definition) is 1. The second kappa shape index (κ2) is 3.08. The van der Waals surface area contributed by atoms with E-state index >= 15 is 0 Å². The third-order valence-electron chi connectivity index (χ3n) is 1.48. The van der Waals surface area contributed by atoms with Crippen molar-refractivity contribution in [1.82, 2.24) is 0 Å². The van der Waals surface area contributed by atoms with Gasteiger partial charge in [0.1, 0.15) is 5.82 Å². The molecule has 2 nitrogen and oxygen atoms in total. The van der Waals surface area contributed by atoms with Gasteiger partial charge in [0.15, 0.2) is 0 Å². The van der Waals surface area contributed by atoms with E-state index in [0.29, 0.717) is 0 Å². The minimum absolute atomic E-state index is 0.740. The standard InChI is InChI=1S/C8H5F3O2/c9-6-4-2-1-3-5(6)8(10,11)7(12)13/h1-4H,(H,12,13). The Morgan fingerprint density at radius 2 is 1.85 bits per heavy atom. The summed E-state index contributed by atoms with van der Waals surface area (Å²) in [4.78, 5) is 10.1. The Bertz CT molecular complexity index is 336. The van der Waals surface area contributed by atoms with Crippen molar-refractivity contribution in [1.29, 1.82) is 0 Å². The maximum Gasteiger partial charge on any atom is 0.379 e. The summed E-state index contributed by atoms with van der Waals surface area (Å²) in [5.41, 5.74) is -1.12. The van der Waals surface area contributed by atoms with Gasteiger partial charge in [-0.1, -0.05) is 12.1 Å². The summed E-state index contributed by atoms with van der Waals surface area (Å²) in [6.45, 7) is 0. The van der Waals surface area contributed by atoms with Crippen molar-refractivity contribution in [3.8, 4) is 0 Å². The van der Waals surface area contributed by atoms with Crippen LogP contribution in [-0.2, 0) is 10.7 Å². The molecule has 0 aliphatic heterocycles. The monoisotopic (exact) mass is 190 g/mol. The largest absolute Gasteiger partial charge is 0.477 e. The quantitative estimate of drug-likeness (QED) is 0.774. The Balaban J connectivity index is 3.22. The number of benzene rings is 1. The van der Waals surface area contributed by atoms with Crippen LogP contribution >= 0.6 is 0 Å². The molecule has 13 heavy (non-hydrogen) atoms. The van der Waals surface area contributed by atoms with Crippen LogP contribution in [0.25, 0.3) is 0 Å². The van der Waals surface area contributed by atoms with Gasteiger partial charge < -0.3 is 5.11 Å². The minimum Gasteiger partial charge on any atom is -0.477 e. The fourth-order valence-corrected chi connectivity index (χ4v) is 0.831. The van der Waals surface area contributed by atoms with E-state index in [4.69, 9.17) is 5.11 Å². The van der Waals surface area contributed by atoms with Crippen molar-refractivity contribution < 1.29 is 23.1 Å². The second-order valence-corrected chi connectivity index (χ2v) is 2.36. The fraction of sp³-hybridized carbons (Fsp3) is 0.125. The van der Waals surface area contributed by atoms with Crippen LogP contribution in [0.3, 0.4) is 0 Å². The molecule has 1 rings (SSSR count). The summed E-state index contributed by atoms with van der Waals surface area (Å²) in [7, 11) is 0. The highest BCUT2D eigenvalue weighted by Gasteiger charge is 2.43. The Hall–Kier alpha value is -1.52. The lowest BCUT2D eigenvalue weighted by Crippen LogP contribution is -2.26. The normalized spacial score (nSPS) is 11.3. The van der Waals surface area contributed by atoms with Gasteiger partial charge in [0, 0.05) is 0 Å². The Kier molecular flexibility index (Phi) is 2.27. The molecule has 0 radical (unpaired) electrons. The molecule has 0 amide bonds. The zero-order valence-electron chi connectivity index (χ0n) is 6.30. The number of aliphatic carboxylic acids is 1. The van der Waals surface area contributed by atoms with Gasteiger partial charge in [-0.25, -0.2) is 9.18 Å². The zero-order chi connectivity index (χ0) is 10.1. The second-order valence-electron chi connectivity index (χ2n) is 2.36. The number of halogens is 3. The van der Waals surface area contributed by atoms with Crippen LogP contribution in [0, 0.1) is 5.82 Å². The predicted molar refractivity (Wildman–Crippen MR) is 37.9 cm³/mol. The molecule has 5 heteroatoms. The number of carbonyl (C=O) groups is 1. The molecule has 0 aromatic heterocycles. The summed E-state index contributed by atoms with van der Waals surface area (Å²) >= 11 is 0. The van der Waals surface area contributed by atoms with Crippen molar-refractivity contribution in [3.63, 3.8) is 0 Å². The van der Waals surface area contributed by atoms with Gasteiger partial charge in [-0.2, -0.15) is 8.78 Å². The van der Waals surface area contributed by atoms with E-state index in [1.807, 2.05) is 0 Å². The average molecular weight is 190 g/mol. The van der Waals surface area contributed by atoms with Crippen molar-refractivity contribution in [2.45, 2.75) is 5.92 Å². The molecule has 70 valence electrons. The molecule has 0 aliphatic rings. The molecular formula is C8H5F3O2. The molecule has 0 heterocycles. The number of hydrogen-bond donors (Lipinski definition) is 1. The van der Waals surface area contributed by atoms with E-state index in [2.05, 4.69) is 0 Å². The molecule has 0 aliphatic carbocycles. The zero-order valence-corrected chi connectivity index (χ0v) is 6.30. The highest BCUT2D eigenvalue weighted by atomic mass is 19.3. The van der Waals surface area contributed by atoms with Gasteiger partial charge in [0.25, 0.3) is 0 Å². The highest BCUT2D eigenvalue weighted by Crippen LogP contribution is 2.29. The molecule has 0 saturated heterocycles. The highest BCUT2D eigenvalue weighted by molar-refractivity contribution is 5.77. The fourth-order valence-electron chi connectivity index (χ4n) is 0.831. The summed E-state index contributed by atoms with van der Waals surface area (Å²) in [5, 5.41) is 8.10. The van der Waals surface area contributed by atoms with Crippen LogP contribution in [0.1, 0.15) is 5.56 Å². The average Bonchev–Trinajstić information content (AvgIpc) is 2.04. The molecular weight excluding hydrogens is 185 g/mol. The predicted octanol–water partition coefficient (Wildman–Crippen LogP) is 2.00. The van der Waals surface area contributed by atoms with E-state index in [1.165, 1.54) is 6.07 Å². The SMILES string of the molecule is O=C(O)C(F)(F)c1ccccc1F. The lowest BCUT2D eigenvalue weighted by atomic mass is 10.1. The number of alkyl halides is 2. The van der Waals surface area contributed by atoms with Gasteiger partial charge in [-0.15, -0.1) is 0 Å². The minimum atomic E-state index is -4.18. The van der Waals surface area contributed by atoms with Crippen LogP contribution in [0.5, 0.6) is 0 Å². The summed E-state index contributed by atoms with van der Waals surface area (Å²) in [6, 6.07) is 3.88. The summed E-state index contributed by atoms with van der Waals surface area (Å²) in [5.74, 6) is -7.77. The van der Waals surface area contributed by atoms with E-state index in [0.717, 1.165) is 18.2 Å². The molecule has 0 bridgehead atoms. The van der Waals surface area contributed by atoms with E-state index in [1.54, 1.807) is 0 Å². The van der Waals surface area contributed by atoms with Crippen molar-refractivity contribution >= 4 is 5.97 Å². The van der Waals surface area contributed by atoms with Crippen molar-refractivity contribution in [3.05, 3.63) is 35.6 Å². The van der Waals surface area contributed by atoms with Crippen LogP contribution in [0.2, 0.25) is 0 Å². The molecule has 1 aromatic carbocycles. The van der Waals surface area contributed by atoms with Crippen LogP contribution in [0.4, 0.5) is 13.2 Å². The molecule has 0 fully saturated rings. The van der Waals surface area contributed by atoms with Gasteiger partial charge in [0.05, 0.1) is 5.56 Å². The van der Waals surface area contributed by atoms with Crippen LogP contribution < -0.4 is 0 Å². The third-order valence-corrected chi connectivity index (χ3v) is 1.48. The first-order valence-electron chi connectivity index (χ1n) is 3.32. The molecule has 0 saturated carbocycles. The smallest absolute Gasteiger partial charge is 0.379 e. The van der Waals surface area contributed by atoms with Gasteiger partial charge in [0.2, 0.25) is 0 Å². The first-order valence-corrected chi connectivity index (χ1v) is 3.32. The lowest BCUT2D eigenvalue weighted by molar-refractivity contribution is -0.166. The first-order chi connectivity index (χ1) is 5.96. The van der Waals surface area contributed by atoms with E-state index < -0.39 is 23.3 Å². The Morgan fingerprint density at radius 3 is 2.31 bits per heavy atom. The molecule has 0 atom stereocenters. The maximum absolute atomic E-state index is 12.7. The van der Waals surface area contributed by atoms with E-state index in [-0.39, 0.29) is 0 Å². The topological polar surface area (TPSA) is 37.3 Å². The molecule has 1 aromatic rings. The third kappa shape index (κ3) is 1.63. The molecule has 0 unspecified atom stereocenters.